The molecule has 0 aromatic heterocycles. The van der Waals surface area contributed by atoms with Crippen LogP contribution in [0.1, 0.15) is 28.3 Å². The third kappa shape index (κ3) is 4.27. The van der Waals surface area contributed by atoms with Crippen molar-refractivity contribution in [3.63, 3.8) is 0 Å². The maximum atomic E-state index is 10.4. The monoisotopic (exact) mass is 398 g/mol. The molecule has 2 aromatic carbocycles. The molecule has 1 aliphatic heterocycles. The number of hydrogen-bond donors (Lipinski definition) is 4. The van der Waals surface area contributed by atoms with E-state index in [1.165, 1.54) is 24.3 Å². The molecule has 1 aliphatic rings. The maximum absolute atomic E-state index is 10.4. The molecule has 2 aromatic rings. The Balaban J connectivity index is 1.86. The van der Waals surface area contributed by atoms with Crippen molar-refractivity contribution >= 4 is 11.6 Å². The summed E-state index contributed by atoms with van der Waals surface area (Å²) in [5.41, 5.74) is 1.56. The predicted molar refractivity (Wildman–Crippen MR) is 100.0 cm³/mol. The molecule has 3 rings (SSSR count). The molecule has 4 N–H and O–H groups in total. The van der Waals surface area contributed by atoms with E-state index in [1.807, 2.05) is 0 Å². The first kappa shape index (κ1) is 15.3. The van der Waals surface area contributed by atoms with E-state index in [2.05, 4.69) is 0 Å². The van der Waals surface area contributed by atoms with Crippen molar-refractivity contribution in [2.45, 2.75) is 36.9 Å². The van der Waals surface area contributed by atoms with Crippen molar-refractivity contribution in [3.8, 4) is 5.75 Å². The van der Waals surface area contributed by atoms with Crippen LogP contribution >= 0.6 is 11.6 Å². The summed E-state index contributed by atoms with van der Waals surface area (Å²) >= 11 is 6.30. The highest BCUT2D eigenvalue weighted by Gasteiger charge is 2.43. The number of hydrogen-bond acceptors (Lipinski definition) is 6. The third-order valence-corrected chi connectivity index (χ3v) is 4.92. The standard InChI is InChI=1S/C20H23ClO6/c1-26-14-5-2-11(3-6-14)8-13-9-12(4-7-15(13)21)20-19(25)18(24)17(23)16(10-22)27-20/h2-7,9,16-20,22-25H,8,10H2,1H3/t16-,17-,18+,19-,20+/m1/s1/i1D3,20D. The van der Waals surface area contributed by atoms with Gasteiger partial charge in [0.15, 0.2) is 0 Å². The van der Waals surface area contributed by atoms with E-state index < -0.39 is 44.1 Å². The zero-order valence-corrected chi connectivity index (χ0v) is 15.0. The molecule has 0 radical (unpaired) electrons. The Morgan fingerprint density at radius 1 is 1.11 bits per heavy atom. The van der Waals surface area contributed by atoms with Gasteiger partial charge in [0.25, 0.3) is 0 Å². The summed E-state index contributed by atoms with van der Waals surface area (Å²) in [6.07, 6.45) is -8.06. The highest BCUT2D eigenvalue weighted by Crippen LogP contribution is 2.34. The molecule has 146 valence electrons. The molecule has 0 spiro atoms. The number of aliphatic hydroxyl groups is 4. The second-order valence-electron chi connectivity index (χ2n) is 6.36. The lowest BCUT2D eigenvalue weighted by atomic mass is 9.90. The van der Waals surface area contributed by atoms with Crippen molar-refractivity contribution in [1.82, 2.24) is 0 Å². The molecule has 7 heteroatoms. The van der Waals surface area contributed by atoms with Crippen LogP contribution in [0.15, 0.2) is 42.5 Å². The van der Waals surface area contributed by atoms with Crippen molar-refractivity contribution in [3.05, 3.63) is 64.2 Å². The van der Waals surface area contributed by atoms with Crippen LogP contribution in [0.4, 0.5) is 0 Å². The molecule has 0 amide bonds. The molecular weight excluding hydrogens is 372 g/mol. The van der Waals surface area contributed by atoms with Gasteiger partial charge in [-0.25, -0.2) is 0 Å². The Kier molecular flexibility index (Phi) is 4.84. The van der Waals surface area contributed by atoms with Gasteiger partial charge in [0.05, 0.1) is 19.1 Å². The van der Waals surface area contributed by atoms with Gasteiger partial charge in [-0.05, 0) is 41.3 Å². The normalized spacial score (nSPS) is 33.5. The molecule has 0 saturated carbocycles. The molecule has 0 aliphatic carbocycles. The largest absolute Gasteiger partial charge is 0.497 e. The second-order valence-corrected chi connectivity index (χ2v) is 6.77. The number of rotatable bonds is 5. The summed E-state index contributed by atoms with van der Waals surface area (Å²) in [6.45, 7) is -0.642. The average molecular weight is 399 g/mol. The topological polar surface area (TPSA) is 99.4 Å². The summed E-state index contributed by atoms with van der Waals surface area (Å²) in [5, 5.41) is 40.3. The number of methoxy groups -OCH3 is 1. The Morgan fingerprint density at radius 2 is 1.85 bits per heavy atom. The minimum absolute atomic E-state index is 0.186. The maximum Gasteiger partial charge on any atom is 0.118 e. The van der Waals surface area contributed by atoms with Gasteiger partial charge in [-0.15, -0.1) is 0 Å². The predicted octanol–water partition coefficient (Wildman–Crippen LogP) is 1.45. The van der Waals surface area contributed by atoms with Crippen LogP contribution in [0, 0.1) is 0 Å². The summed E-state index contributed by atoms with van der Waals surface area (Å²) in [7, 11) is -2.55. The Bertz CT molecular complexity index is 908. The van der Waals surface area contributed by atoms with Gasteiger partial charge in [0.2, 0.25) is 0 Å². The van der Waals surface area contributed by atoms with Crippen molar-refractivity contribution in [1.29, 1.82) is 0 Å². The van der Waals surface area contributed by atoms with Crippen molar-refractivity contribution in [2.75, 3.05) is 13.6 Å². The average Bonchev–Trinajstić information content (AvgIpc) is 2.71. The third-order valence-electron chi connectivity index (χ3n) is 4.55. The minimum atomic E-state index is -2.55. The minimum Gasteiger partial charge on any atom is -0.497 e. The molecule has 27 heavy (non-hydrogen) atoms. The number of ether oxygens (including phenoxy) is 2. The van der Waals surface area contributed by atoms with Crippen LogP contribution in [-0.2, 0) is 11.2 Å². The fourth-order valence-corrected chi connectivity index (χ4v) is 3.19. The van der Waals surface area contributed by atoms with E-state index in [9.17, 15) is 20.4 Å². The van der Waals surface area contributed by atoms with E-state index >= 15 is 0 Å². The molecule has 5 atom stereocenters. The van der Waals surface area contributed by atoms with Gasteiger partial charge in [0, 0.05) is 5.02 Å². The second kappa shape index (κ2) is 8.56. The molecule has 0 bridgehead atoms. The van der Waals surface area contributed by atoms with Crippen LogP contribution in [0.5, 0.6) is 5.75 Å². The van der Waals surface area contributed by atoms with E-state index in [0.717, 1.165) is 5.56 Å². The zero-order chi connectivity index (χ0) is 23.0. The lowest BCUT2D eigenvalue weighted by Crippen LogP contribution is -2.55. The molecule has 6 nitrogen and oxygen atoms in total. The van der Waals surface area contributed by atoms with E-state index in [1.54, 1.807) is 18.2 Å². The first-order valence-corrected chi connectivity index (χ1v) is 8.72. The Morgan fingerprint density at radius 3 is 2.52 bits per heavy atom. The van der Waals surface area contributed by atoms with Gasteiger partial charge >= 0.3 is 0 Å². The Hall–Kier alpha value is -1.67. The van der Waals surface area contributed by atoms with Gasteiger partial charge in [-0.1, -0.05) is 35.9 Å². The summed E-state index contributed by atoms with van der Waals surface area (Å²) in [5.74, 6) is 0.190. The fourth-order valence-electron chi connectivity index (χ4n) is 3.01. The van der Waals surface area contributed by atoms with Gasteiger partial charge in [-0.3, -0.25) is 0 Å². The zero-order valence-electron chi connectivity index (χ0n) is 18.2. The molecule has 1 heterocycles. The van der Waals surface area contributed by atoms with E-state index in [-0.39, 0.29) is 11.3 Å². The summed E-state index contributed by atoms with van der Waals surface area (Å²) in [4.78, 5) is 0. The van der Waals surface area contributed by atoms with Gasteiger partial charge in [0.1, 0.15) is 36.2 Å². The SMILES string of the molecule is [2H]C([2H])([2H])Oc1ccc(Cc2cc([C@]3([2H])O[C@H](CO)[C@@H](O)[C@H](O)[C@H]3O)ccc2Cl)cc1. The number of halogens is 1. The Labute approximate surface area is 168 Å². The van der Waals surface area contributed by atoms with Crippen LogP contribution in [0.3, 0.4) is 0 Å². The molecule has 0 unspecified atom stereocenters. The van der Waals surface area contributed by atoms with Crippen molar-refractivity contribution < 1.29 is 35.4 Å². The van der Waals surface area contributed by atoms with Crippen LogP contribution in [0.25, 0.3) is 0 Å². The van der Waals surface area contributed by atoms with Crippen molar-refractivity contribution in [2.24, 2.45) is 0 Å². The van der Waals surface area contributed by atoms with Crippen LogP contribution in [0.2, 0.25) is 5.02 Å². The first-order valence-electron chi connectivity index (χ1n) is 10.3. The quantitative estimate of drug-likeness (QED) is 0.608. The molecular formula is C20H23ClO6. The van der Waals surface area contributed by atoms with Gasteiger partial charge < -0.3 is 29.9 Å². The van der Waals surface area contributed by atoms with Crippen LogP contribution < -0.4 is 4.74 Å². The fraction of sp³-hybridized carbons (Fsp3) is 0.400. The lowest BCUT2D eigenvalue weighted by Gasteiger charge is -2.40. The molecule has 1 saturated heterocycles. The summed E-state index contributed by atoms with van der Waals surface area (Å²) < 4.78 is 40.3. The van der Waals surface area contributed by atoms with E-state index in [0.29, 0.717) is 17.0 Å². The number of aliphatic hydroxyl groups excluding tert-OH is 4. The summed E-state index contributed by atoms with van der Waals surface area (Å²) in [6, 6.07) is 10.9. The van der Waals surface area contributed by atoms with Crippen LogP contribution in [-0.4, -0.2) is 58.5 Å². The molecule has 1 fully saturated rings. The smallest absolute Gasteiger partial charge is 0.118 e. The highest BCUT2D eigenvalue weighted by atomic mass is 35.5. The van der Waals surface area contributed by atoms with Gasteiger partial charge in [-0.2, -0.15) is 0 Å². The van der Waals surface area contributed by atoms with E-state index in [4.69, 9.17) is 26.6 Å². The first-order chi connectivity index (χ1) is 14.4. The number of benzene rings is 2. The lowest BCUT2D eigenvalue weighted by molar-refractivity contribution is -0.231. The highest BCUT2D eigenvalue weighted by molar-refractivity contribution is 6.31.